The summed E-state index contributed by atoms with van der Waals surface area (Å²) in [6.07, 6.45) is 2.71. The molecular formula is C14H14Cl2N2S. The van der Waals surface area contributed by atoms with Crippen LogP contribution in [0, 0.1) is 0 Å². The van der Waals surface area contributed by atoms with Crippen LogP contribution in [0.3, 0.4) is 0 Å². The van der Waals surface area contributed by atoms with Crippen molar-refractivity contribution in [1.82, 2.24) is 4.98 Å². The normalized spacial score (nSPS) is 10.4. The van der Waals surface area contributed by atoms with Gasteiger partial charge in [0.15, 0.2) is 0 Å². The minimum absolute atomic E-state index is 0.649. The Labute approximate surface area is 127 Å². The minimum Gasteiger partial charge on any atom is -0.384 e. The lowest BCUT2D eigenvalue weighted by molar-refractivity contribution is 0.981. The molecule has 100 valence electrons. The standard InChI is InChI=1S/C14H14Cl2N2S/c15-7-3-9-17-12-10-11(16)5-6-13(12)19-14-4-1-2-8-18-14/h1-2,4-6,8,10,17H,3,7,9H2. The van der Waals surface area contributed by atoms with Crippen LogP contribution in [0.2, 0.25) is 5.02 Å². The summed E-state index contributed by atoms with van der Waals surface area (Å²) in [5.41, 5.74) is 1.02. The van der Waals surface area contributed by atoms with Crippen LogP contribution < -0.4 is 5.32 Å². The molecule has 1 aromatic heterocycles. The molecule has 19 heavy (non-hydrogen) atoms. The SMILES string of the molecule is ClCCCNc1cc(Cl)ccc1Sc1ccccn1. The Morgan fingerprint density at radius 1 is 1.21 bits per heavy atom. The molecule has 0 aliphatic rings. The first kappa shape index (κ1) is 14.5. The number of alkyl halides is 1. The van der Waals surface area contributed by atoms with E-state index in [-0.39, 0.29) is 0 Å². The van der Waals surface area contributed by atoms with Crippen molar-refractivity contribution in [2.75, 3.05) is 17.7 Å². The van der Waals surface area contributed by atoms with Gasteiger partial charge in [0.2, 0.25) is 0 Å². The Bertz CT molecular complexity index is 520. The second kappa shape index (κ2) is 7.63. The topological polar surface area (TPSA) is 24.9 Å². The number of pyridine rings is 1. The summed E-state index contributed by atoms with van der Waals surface area (Å²) < 4.78 is 0. The molecule has 2 nitrogen and oxygen atoms in total. The molecule has 5 heteroatoms. The lowest BCUT2D eigenvalue weighted by Crippen LogP contribution is -2.03. The van der Waals surface area contributed by atoms with E-state index >= 15 is 0 Å². The van der Waals surface area contributed by atoms with Crippen molar-refractivity contribution in [3.05, 3.63) is 47.6 Å². The Kier molecular flexibility index (Phi) is 5.83. The zero-order valence-corrected chi connectivity index (χ0v) is 12.6. The maximum Gasteiger partial charge on any atom is 0.101 e. The summed E-state index contributed by atoms with van der Waals surface area (Å²) in [6.45, 7) is 0.833. The number of halogens is 2. The molecule has 0 atom stereocenters. The predicted octanol–water partition coefficient (Wildman–Crippen LogP) is 4.93. The third-order valence-corrected chi connectivity index (χ3v) is 3.95. The number of benzene rings is 1. The molecule has 0 fully saturated rings. The van der Waals surface area contributed by atoms with E-state index in [0.29, 0.717) is 5.88 Å². The summed E-state index contributed by atoms with van der Waals surface area (Å²) in [4.78, 5) is 5.42. The van der Waals surface area contributed by atoms with E-state index in [0.717, 1.165) is 33.6 Å². The van der Waals surface area contributed by atoms with E-state index in [9.17, 15) is 0 Å². The number of anilines is 1. The molecule has 0 radical (unpaired) electrons. The smallest absolute Gasteiger partial charge is 0.101 e. The molecule has 0 aliphatic heterocycles. The lowest BCUT2D eigenvalue weighted by atomic mass is 10.3. The van der Waals surface area contributed by atoms with Crippen LogP contribution in [0.15, 0.2) is 52.5 Å². The third-order valence-electron chi connectivity index (χ3n) is 2.42. The minimum atomic E-state index is 0.649. The van der Waals surface area contributed by atoms with Crippen LogP contribution in [0.25, 0.3) is 0 Å². The van der Waals surface area contributed by atoms with E-state index in [1.807, 2.05) is 36.4 Å². The molecule has 0 aliphatic carbocycles. The summed E-state index contributed by atoms with van der Waals surface area (Å²) >= 11 is 13.3. The summed E-state index contributed by atoms with van der Waals surface area (Å²) in [5, 5.41) is 5.04. The first-order valence-corrected chi connectivity index (χ1v) is 7.71. The fourth-order valence-corrected chi connectivity index (χ4v) is 2.71. The Morgan fingerprint density at radius 2 is 2.11 bits per heavy atom. The molecule has 0 unspecified atom stereocenters. The van der Waals surface area contributed by atoms with E-state index in [4.69, 9.17) is 23.2 Å². The number of hydrogen-bond donors (Lipinski definition) is 1. The lowest BCUT2D eigenvalue weighted by Gasteiger charge is -2.11. The van der Waals surface area contributed by atoms with Gasteiger partial charge in [-0.3, -0.25) is 0 Å². The molecule has 0 bridgehead atoms. The predicted molar refractivity (Wildman–Crippen MR) is 83.6 cm³/mol. The summed E-state index contributed by atoms with van der Waals surface area (Å²) in [6, 6.07) is 11.7. The van der Waals surface area contributed by atoms with Crippen molar-refractivity contribution < 1.29 is 0 Å². The monoisotopic (exact) mass is 312 g/mol. The second-order valence-corrected chi connectivity index (χ2v) is 5.76. The van der Waals surface area contributed by atoms with Crippen molar-refractivity contribution in [3.63, 3.8) is 0 Å². The first-order valence-electron chi connectivity index (χ1n) is 5.98. The average Bonchev–Trinajstić information content (AvgIpc) is 2.43. The van der Waals surface area contributed by atoms with E-state index in [1.54, 1.807) is 18.0 Å². The van der Waals surface area contributed by atoms with E-state index in [2.05, 4.69) is 10.3 Å². The van der Waals surface area contributed by atoms with Crippen molar-refractivity contribution >= 4 is 40.7 Å². The summed E-state index contributed by atoms with van der Waals surface area (Å²) in [7, 11) is 0. The number of rotatable bonds is 6. The van der Waals surface area contributed by atoms with Gasteiger partial charge in [-0.05, 0) is 36.8 Å². The van der Waals surface area contributed by atoms with Crippen molar-refractivity contribution in [1.29, 1.82) is 0 Å². The number of hydrogen-bond acceptors (Lipinski definition) is 3. The Morgan fingerprint density at radius 3 is 2.84 bits per heavy atom. The quantitative estimate of drug-likeness (QED) is 0.605. The molecule has 1 heterocycles. The van der Waals surface area contributed by atoms with E-state index in [1.165, 1.54) is 0 Å². The second-order valence-electron chi connectivity index (χ2n) is 3.88. The van der Waals surface area contributed by atoms with Gasteiger partial charge in [0.05, 0.1) is 0 Å². The highest BCUT2D eigenvalue weighted by atomic mass is 35.5. The number of aromatic nitrogens is 1. The van der Waals surface area contributed by atoms with E-state index < -0.39 is 0 Å². The van der Waals surface area contributed by atoms with Gasteiger partial charge in [0.1, 0.15) is 5.03 Å². The highest BCUT2D eigenvalue weighted by Crippen LogP contribution is 2.34. The first-order chi connectivity index (χ1) is 9.29. The molecule has 0 amide bonds. The van der Waals surface area contributed by atoms with Crippen molar-refractivity contribution in [3.8, 4) is 0 Å². The molecule has 1 N–H and O–H groups in total. The molecule has 1 aromatic carbocycles. The molecule has 0 saturated carbocycles. The zero-order chi connectivity index (χ0) is 13.5. The van der Waals surface area contributed by atoms with Crippen LogP contribution in [-0.2, 0) is 0 Å². The highest BCUT2D eigenvalue weighted by Gasteiger charge is 2.06. The van der Waals surface area contributed by atoms with Gasteiger partial charge in [-0.1, -0.05) is 29.4 Å². The van der Waals surface area contributed by atoms with Gasteiger partial charge in [0.25, 0.3) is 0 Å². The largest absolute Gasteiger partial charge is 0.384 e. The molecule has 2 rings (SSSR count). The fraction of sp³-hybridized carbons (Fsp3) is 0.214. The maximum absolute atomic E-state index is 6.04. The molecule has 0 spiro atoms. The van der Waals surface area contributed by atoms with Crippen molar-refractivity contribution in [2.45, 2.75) is 16.3 Å². The number of nitrogens with one attached hydrogen (secondary N) is 1. The average molecular weight is 313 g/mol. The third kappa shape index (κ3) is 4.60. The van der Waals surface area contributed by atoms with Crippen LogP contribution in [-0.4, -0.2) is 17.4 Å². The van der Waals surface area contributed by atoms with Gasteiger partial charge < -0.3 is 5.32 Å². The molecule has 2 aromatic rings. The fourth-order valence-electron chi connectivity index (χ4n) is 1.54. The van der Waals surface area contributed by atoms with Gasteiger partial charge in [0, 0.05) is 34.2 Å². The van der Waals surface area contributed by atoms with Gasteiger partial charge >= 0.3 is 0 Å². The zero-order valence-electron chi connectivity index (χ0n) is 10.3. The van der Waals surface area contributed by atoms with Gasteiger partial charge in [-0.25, -0.2) is 4.98 Å². The van der Waals surface area contributed by atoms with Crippen molar-refractivity contribution in [2.24, 2.45) is 0 Å². The van der Waals surface area contributed by atoms with Crippen LogP contribution in [0.1, 0.15) is 6.42 Å². The Balaban J connectivity index is 2.14. The van der Waals surface area contributed by atoms with Gasteiger partial charge in [-0.2, -0.15) is 0 Å². The molecular weight excluding hydrogens is 299 g/mol. The highest BCUT2D eigenvalue weighted by molar-refractivity contribution is 7.99. The number of nitrogens with zero attached hydrogens (tertiary/aromatic N) is 1. The van der Waals surface area contributed by atoms with Gasteiger partial charge in [-0.15, -0.1) is 11.6 Å². The Hall–Kier alpha value is -0.900. The molecule has 0 saturated heterocycles. The maximum atomic E-state index is 6.04. The summed E-state index contributed by atoms with van der Waals surface area (Å²) in [5.74, 6) is 0.649. The van der Waals surface area contributed by atoms with Crippen LogP contribution in [0.4, 0.5) is 5.69 Å². The van der Waals surface area contributed by atoms with Crippen LogP contribution >= 0.6 is 35.0 Å². The van der Waals surface area contributed by atoms with Crippen LogP contribution in [0.5, 0.6) is 0 Å².